The predicted octanol–water partition coefficient (Wildman–Crippen LogP) is 3.48. The summed E-state index contributed by atoms with van der Waals surface area (Å²) in [5, 5.41) is 4.33. The average molecular weight is 424 g/mol. The first kappa shape index (κ1) is 19.6. The molecule has 2 aromatic rings. The van der Waals surface area contributed by atoms with Gasteiger partial charge in [0, 0.05) is 42.6 Å². The van der Waals surface area contributed by atoms with E-state index >= 15 is 0 Å². The van der Waals surface area contributed by atoms with Gasteiger partial charge in [-0.2, -0.15) is 0 Å². The maximum Gasteiger partial charge on any atom is 0.253 e. The molecule has 2 amide bonds. The standard InChI is InChI=1S/C24H26ClN3O2/c25-19-8-6-18(7-9-19)22(29)27-14-12-24(13-15-27)26-21(16-17-4-2-1-3-5-17)23(30)28(24)20-10-11-20/h1-9,20-21,26H,10-16H2. The van der Waals surface area contributed by atoms with Crippen LogP contribution in [0.2, 0.25) is 5.02 Å². The lowest BCUT2D eigenvalue weighted by molar-refractivity contribution is -0.134. The van der Waals surface area contributed by atoms with Gasteiger partial charge in [-0.05, 0) is 49.1 Å². The molecule has 2 saturated heterocycles. The number of benzene rings is 2. The Kier molecular flexibility index (Phi) is 5.03. The molecule has 1 N–H and O–H groups in total. The number of amides is 2. The Balaban J connectivity index is 1.31. The van der Waals surface area contributed by atoms with E-state index in [0.717, 1.165) is 25.7 Å². The Morgan fingerprint density at radius 3 is 2.33 bits per heavy atom. The Morgan fingerprint density at radius 2 is 1.70 bits per heavy atom. The molecule has 1 unspecified atom stereocenters. The van der Waals surface area contributed by atoms with Crippen LogP contribution in [0.5, 0.6) is 0 Å². The minimum Gasteiger partial charge on any atom is -0.338 e. The zero-order chi connectivity index (χ0) is 20.7. The SMILES string of the molecule is O=C(c1ccc(Cl)cc1)N1CCC2(CC1)NC(Cc1ccccc1)C(=O)N2C1CC1. The summed E-state index contributed by atoms with van der Waals surface area (Å²) in [6.45, 7) is 1.28. The molecule has 3 aliphatic rings. The summed E-state index contributed by atoms with van der Waals surface area (Å²) in [6.07, 6.45) is 4.40. The Hall–Kier alpha value is -2.37. The largest absolute Gasteiger partial charge is 0.338 e. The van der Waals surface area contributed by atoms with Crippen LogP contribution in [-0.4, -0.2) is 52.5 Å². The van der Waals surface area contributed by atoms with Crippen LogP contribution in [0.4, 0.5) is 0 Å². The summed E-state index contributed by atoms with van der Waals surface area (Å²) in [5.74, 6) is 0.253. The van der Waals surface area contributed by atoms with Gasteiger partial charge in [-0.25, -0.2) is 0 Å². The number of piperidine rings is 1. The quantitative estimate of drug-likeness (QED) is 0.819. The number of carbonyl (C=O) groups is 2. The van der Waals surface area contributed by atoms with Crippen LogP contribution >= 0.6 is 11.6 Å². The summed E-state index contributed by atoms with van der Waals surface area (Å²) in [6, 6.07) is 17.4. The Bertz CT molecular complexity index is 935. The molecule has 1 aliphatic carbocycles. The molecule has 156 valence electrons. The second-order valence-corrected chi connectivity index (χ2v) is 9.09. The van der Waals surface area contributed by atoms with Crippen LogP contribution in [-0.2, 0) is 11.2 Å². The number of nitrogens with one attached hydrogen (secondary N) is 1. The van der Waals surface area contributed by atoms with Gasteiger partial charge in [0.15, 0.2) is 0 Å². The molecule has 0 bridgehead atoms. The minimum absolute atomic E-state index is 0.0321. The number of likely N-dealkylation sites (tertiary alicyclic amines) is 1. The van der Waals surface area contributed by atoms with Gasteiger partial charge in [-0.1, -0.05) is 41.9 Å². The first-order valence-electron chi connectivity index (χ1n) is 10.8. The second-order valence-electron chi connectivity index (χ2n) is 8.66. The highest BCUT2D eigenvalue weighted by atomic mass is 35.5. The number of halogens is 1. The van der Waals surface area contributed by atoms with Crippen molar-refractivity contribution >= 4 is 23.4 Å². The van der Waals surface area contributed by atoms with Crippen LogP contribution in [0.15, 0.2) is 54.6 Å². The van der Waals surface area contributed by atoms with Crippen LogP contribution in [0.1, 0.15) is 41.6 Å². The van der Waals surface area contributed by atoms with E-state index in [9.17, 15) is 9.59 Å². The van der Waals surface area contributed by atoms with Crippen LogP contribution in [0, 0.1) is 0 Å². The Morgan fingerprint density at radius 1 is 1.03 bits per heavy atom. The molecule has 2 aromatic carbocycles. The number of hydrogen-bond donors (Lipinski definition) is 1. The van der Waals surface area contributed by atoms with Gasteiger partial charge in [0.1, 0.15) is 0 Å². The summed E-state index contributed by atoms with van der Waals surface area (Å²) in [5.41, 5.74) is 1.51. The van der Waals surface area contributed by atoms with Crippen molar-refractivity contribution in [1.29, 1.82) is 0 Å². The highest BCUT2D eigenvalue weighted by Gasteiger charge is 2.56. The van der Waals surface area contributed by atoms with Crippen molar-refractivity contribution in [3.05, 3.63) is 70.7 Å². The van der Waals surface area contributed by atoms with E-state index in [4.69, 9.17) is 11.6 Å². The average Bonchev–Trinajstić information content (AvgIpc) is 3.56. The van der Waals surface area contributed by atoms with Gasteiger partial charge in [-0.15, -0.1) is 0 Å². The van der Waals surface area contributed by atoms with E-state index in [2.05, 4.69) is 22.3 Å². The zero-order valence-corrected chi connectivity index (χ0v) is 17.6. The number of carbonyl (C=O) groups excluding carboxylic acids is 2. The van der Waals surface area contributed by atoms with Crippen molar-refractivity contribution in [3.63, 3.8) is 0 Å². The molecule has 2 aliphatic heterocycles. The van der Waals surface area contributed by atoms with Gasteiger partial charge >= 0.3 is 0 Å². The highest BCUT2D eigenvalue weighted by molar-refractivity contribution is 6.30. The monoisotopic (exact) mass is 423 g/mol. The van der Waals surface area contributed by atoms with E-state index in [0.29, 0.717) is 36.1 Å². The smallest absolute Gasteiger partial charge is 0.253 e. The fourth-order valence-electron chi connectivity index (χ4n) is 4.92. The third-order valence-corrected chi connectivity index (χ3v) is 6.86. The van der Waals surface area contributed by atoms with Crippen molar-refractivity contribution < 1.29 is 9.59 Å². The van der Waals surface area contributed by atoms with E-state index in [1.54, 1.807) is 24.3 Å². The molecule has 0 radical (unpaired) electrons. The molecule has 5 nitrogen and oxygen atoms in total. The van der Waals surface area contributed by atoms with Gasteiger partial charge in [-0.3, -0.25) is 14.9 Å². The summed E-state index contributed by atoms with van der Waals surface area (Å²) in [4.78, 5) is 30.2. The van der Waals surface area contributed by atoms with E-state index in [1.165, 1.54) is 5.56 Å². The highest BCUT2D eigenvalue weighted by Crippen LogP contribution is 2.41. The zero-order valence-electron chi connectivity index (χ0n) is 16.9. The van der Waals surface area contributed by atoms with Crippen LogP contribution < -0.4 is 5.32 Å². The maximum atomic E-state index is 13.3. The lowest BCUT2D eigenvalue weighted by Gasteiger charge is -2.45. The number of hydrogen-bond acceptors (Lipinski definition) is 3. The summed E-state index contributed by atoms with van der Waals surface area (Å²) >= 11 is 5.95. The van der Waals surface area contributed by atoms with Gasteiger partial charge in [0.2, 0.25) is 5.91 Å². The fraction of sp³-hybridized carbons (Fsp3) is 0.417. The molecule has 1 spiro atoms. The molecule has 2 heterocycles. The topological polar surface area (TPSA) is 52.7 Å². The summed E-state index contributed by atoms with van der Waals surface area (Å²) in [7, 11) is 0. The molecule has 6 heteroatoms. The molecule has 1 saturated carbocycles. The molecule has 3 fully saturated rings. The molecular weight excluding hydrogens is 398 g/mol. The predicted molar refractivity (Wildman–Crippen MR) is 116 cm³/mol. The molecular formula is C24H26ClN3O2. The van der Waals surface area contributed by atoms with E-state index < -0.39 is 0 Å². The molecule has 1 atom stereocenters. The van der Waals surface area contributed by atoms with Gasteiger partial charge < -0.3 is 9.80 Å². The fourth-order valence-corrected chi connectivity index (χ4v) is 5.05. The van der Waals surface area contributed by atoms with Crippen molar-refractivity contribution in [2.45, 2.75) is 49.9 Å². The molecule has 0 aromatic heterocycles. The number of nitrogens with zero attached hydrogens (tertiary/aromatic N) is 2. The molecule has 30 heavy (non-hydrogen) atoms. The van der Waals surface area contributed by atoms with Crippen molar-refractivity contribution in [3.8, 4) is 0 Å². The lowest BCUT2D eigenvalue weighted by Crippen LogP contribution is -2.60. The van der Waals surface area contributed by atoms with Crippen molar-refractivity contribution in [1.82, 2.24) is 15.1 Å². The van der Waals surface area contributed by atoms with Crippen molar-refractivity contribution in [2.75, 3.05) is 13.1 Å². The third-order valence-electron chi connectivity index (χ3n) is 6.60. The maximum absolute atomic E-state index is 13.3. The van der Waals surface area contributed by atoms with E-state index in [-0.39, 0.29) is 23.5 Å². The van der Waals surface area contributed by atoms with Crippen LogP contribution in [0.3, 0.4) is 0 Å². The minimum atomic E-state index is -0.325. The summed E-state index contributed by atoms with van der Waals surface area (Å²) < 4.78 is 0. The van der Waals surface area contributed by atoms with E-state index in [1.807, 2.05) is 23.1 Å². The van der Waals surface area contributed by atoms with Gasteiger partial charge in [0.25, 0.3) is 5.91 Å². The van der Waals surface area contributed by atoms with Crippen molar-refractivity contribution in [2.24, 2.45) is 0 Å². The number of rotatable bonds is 4. The first-order valence-corrected chi connectivity index (χ1v) is 11.1. The normalized spacial score (nSPS) is 23.2. The lowest BCUT2D eigenvalue weighted by atomic mass is 9.95. The van der Waals surface area contributed by atoms with Gasteiger partial charge in [0.05, 0.1) is 11.7 Å². The molecule has 5 rings (SSSR count). The second kappa shape index (κ2) is 7.71. The third kappa shape index (κ3) is 3.61. The first-order chi connectivity index (χ1) is 14.6. The Labute approximate surface area is 182 Å². The van der Waals surface area contributed by atoms with Crippen LogP contribution in [0.25, 0.3) is 0 Å².